The molecule has 0 spiro atoms. The van der Waals surface area contributed by atoms with Gasteiger partial charge in [-0.1, -0.05) is 26.7 Å². The lowest BCUT2D eigenvalue weighted by atomic mass is 9.78. The van der Waals surface area contributed by atoms with Gasteiger partial charge in [0.1, 0.15) is 0 Å². The number of hydrogen-bond acceptors (Lipinski definition) is 1. The van der Waals surface area contributed by atoms with Crippen LogP contribution in [0, 0.1) is 17.8 Å². The Kier molecular flexibility index (Phi) is 2.92. The Morgan fingerprint density at radius 1 is 1.08 bits per heavy atom. The average Bonchev–Trinajstić information content (AvgIpc) is 2.91. The van der Waals surface area contributed by atoms with E-state index in [1.54, 1.807) is 0 Å². The highest BCUT2D eigenvalue weighted by Gasteiger charge is 2.28. The Bertz CT molecular complexity index is 163. The normalized spacial score (nSPS) is 40.6. The lowest BCUT2D eigenvalue weighted by Gasteiger charge is -2.34. The van der Waals surface area contributed by atoms with Crippen molar-refractivity contribution >= 4 is 0 Å². The molecule has 13 heavy (non-hydrogen) atoms. The van der Waals surface area contributed by atoms with Crippen LogP contribution in [0.4, 0.5) is 0 Å². The Hall–Kier alpha value is -0.0400. The van der Waals surface area contributed by atoms with E-state index in [0.717, 1.165) is 23.8 Å². The standard InChI is InChI=1S/C12H23N/c1-9-4-3-5-12(10(9)2)13-8-11-6-7-11/h9-13H,3-8H2,1-2H3/t9-,10-,12+/m1/s1. The molecule has 0 aromatic carbocycles. The number of nitrogens with one attached hydrogen (secondary N) is 1. The molecule has 3 atom stereocenters. The van der Waals surface area contributed by atoms with Crippen molar-refractivity contribution in [3.05, 3.63) is 0 Å². The first-order valence-corrected chi connectivity index (χ1v) is 6.00. The summed E-state index contributed by atoms with van der Waals surface area (Å²) in [5.74, 6) is 2.86. The maximum absolute atomic E-state index is 3.76. The maximum Gasteiger partial charge on any atom is 0.00953 e. The molecular weight excluding hydrogens is 158 g/mol. The van der Waals surface area contributed by atoms with Gasteiger partial charge in [-0.15, -0.1) is 0 Å². The molecule has 2 fully saturated rings. The van der Waals surface area contributed by atoms with Gasteiger partial charge in [0.05, 0.1) is 0 Å². The summed E-state index contributed by atoms with van der Waals surface area (Å²) >= 11 is 0. The van der Waals surface area contributed by atoms with Gasteiger partial charge in [0.25, 0.3) is 0 Å². The van der Waals surface area contributed by atoms with Gasteiger partial charge < -0.3 is 5.32 Å². The lowest BCUT2D eigenvalue weighted by molar-refractivity contribution is 0.206. The Morgan fingerprint density at radius 2 is 1.85 bits per heavy atom. The third kappa shape index (κ3) is 2.46. The largest absolute Gasteiger partial charge is 0.313 e. The second-order valence-corrected chi connectivity index (χ2v) is 5.23. The van der Waals surface area contributed by atoms with Crippen LogP contribution >= 0.6 is 0 Å². The summed E-state index contributed by atoms with van der Waals surface area (Å²) in [4.78, 5) is 0. The predicted octanol–water partition coefficient (Wildman–Crippen LogP) is 2.81. The van der Waals surface area contributed by atoms with Crippen LogP contribution in [-0.4, -0.2) is 12.6 Å². The Balaban J connectivity index is 1.75. The van der Waals surface area contributed by atoms with Gasteiger partial charge in [0.15, 0.2) is 0 Å². The van der Waals surface area contributed by atoms with Crippen molar-refractivity contribution in [1.82, 2.24) is 5.32 Å². The monoisotopic (exact) mass is 181 g/mol. The molecule has 0 aliphatic heterocycles. The van der Waals surface area contributed by atoms with Crippen LogP contribution in [0.5, 0.6) is 0 Å². The SMILES string of the molecule is C[C@@H]1[C@H](C)CCC[C@@H]1NCC1CC1. The molecule has 0 bridgehead atoms. The average molecular weight is 181 g/mol. The predicted molar refractivity (Wildman–Crippen MR) is 56.7 cm³/mol. The van der Waals surface area contributed by atoms with Crippen molar-refractivity contribution < 1.29 is 0 Å². The Labute approximate surface area is 82.3 Å². The smallest absolute Gasteiger partial charge is 0.00953 e. The van der Waals surface area contributed by atoms with E-state index in [0.29, 0.717) is 0 Å². The van der Waals surface area contributed by atoms with Gasteiger partial charge in [-0.05, 0) is 43.6 Å². The van der Waals surface area contributed by atoms with Crippen LogP contribution in [0.25, 0.3) is 0 Å². The summed E-state index contributed by atoms with van der Waals surface area (Å²) in [6.07, 6.45) is 7.25. The van der Waals surface area contributed by atoms with Crippen molar-refractivity contribution in [2.75, 3.05) is 6.54 Å². The minimum Gasteiger partial charge on any atom is -0.313 e. The molecule has 2 saturated carbocycles. The van der Waals surface area contributed by atoms with Crippen LogP contribution in [0.1, 0.15) is 46.0 Å². The van der Waals surface area contributed by atoms with Crippen molar-refractivity contribution in [2.45, 2.75) is 52.0 Å². The van der Waals surface area contributed by atoms with Gasteiger partial charge in [-0.3, -0.25) is 0 Å². The van der Waals surface area contributed by atoms with Crippen LogP contribution in [-0.2, 0) is 0 Å². The van der Waals surface area contributed by atoms with E-state index in [1.807, 2.05) is 0 Å². The topological polar surface area (TPSA) is 12.0 Å². The molecule has 0 heterocycles. The van der Waals surface area contributed by atoms with Crippen molar-refractivity contribution in [2.24, 2.45) is 17.8 Å². The molecule has 1 nitrogen and oxygen atoms in total. The molecule has 0 unspecified atom stereocenters. The summed E-state index contributed by atoms with van der Waals surface area (Å²) < 4.78 is 0. The summed E-state index contributed by atoms with van der Waals surface area (Å²) in [6, 6.07) is 0.823. The number of hydrogen-bond donors (Lipinski definition) is 1. The van der Waals surface area contributed by atoms with Crippen LogP contribution in [0.15, 0.2) is 0 Å². The second-order valence-electron chi connectivity index (χ2n) is 5.23. The fourth-order valence-corrected chi connectivity index (χ4v) is 2.51. The van der Waals surface area contributed by atoms with E-state index in [1.165, 1.54) is 38.6 Å². The summed E-state index contributed by atoms with van der Waals surface area (Å²) in [7, 11) is 0. The fourth-order valence-electron chi connectivity index (χ4n) is 2.51. The molecule has 2 rings (SSSR count). The van der Waals surface area contributed by atoms with E-state index >= 15 is 0 Å². The lowest BCUT2D eigenvalue weighted by Crippen LogP contribution is -2.41. The van der Waals surface area contributed by atoms with Crippen LogP contribution in [0.3, 0.4) is 0 Å². The van der Waals surface area contributed by atoms with E-state index in [4.69, 9.17) is 0 Å². The highest BCUT2D eigenvalue weighted by atomic mass is 14.9. The molecule has 1 heteroatoms. The Morgan fingerprint density at radius 3 is 2.54 bits per heavy atom. The highest BCUT2D eigenvalue weighted by Crippen LogP contribution is 2.32. The van der Waals surface area contributed by atoms with Gasteiger partial charge in [-0.25, -0.2) is 0 Å². The van der Waals surface area contributed by atoms with E-state index in [2.05, 4.69) is 19.2 Å². The molecular formula is C12H23N. The quantitative estimate of drug-likeness (QED) is 0.706. The highest BCUT2D eigenvalue weighted by molar-refractivity contribution is 4.84. The van der Waals surface area contributed by atoms with Gasteiger partial charge in [0, 0.05) is 6.04 Å². The van der Waals surface area contributed by atoms with E-state index < -0.39 is 0 Å². The second kappa shape index (κ2) is 4.00. The van der Waals surface area contributed by atoms with E-state index in [-0.39, 0.29) is 0 Å². The van der Waals surface area contributed by atoms with E-state index in [9.17, 15) is 0 Å². The molecule has 1 N–H and O–H groups in total. The molecule has 0 amide bonds. The summed E-state index contributed by atoms with van der Waals surface area (Å²) in [6.45, 7) is 6.13. The molecule has 2 aliphatic rings. The summed E-state index contributed by atoms with van der Waals surface area (Å²) in [5.41, 5.74) is 0. The fraction of sp³-hybridized carbons (Fsp3) is 1.00. The molecule has 2 aliphatic carbocycles. The van der Waals surface area contributed by atoms with Crippen molar-refractivity contribution in [3.8, 4) is 0 Å². The first-order valence-electron chi connectivity index (χ1n) is 6.00. The van der Waals surface area contributed by atoms with Crippen molar-refractivity contribution in [3.63, 3.8) is 0 Å². The third-order valence-electron chi connectivity index (χ3n) is 4.07. The van der Waals surface area contributed by atoms with Crippen LogP contribution < -0.4 is 5.32 Å². The minimum atomic E-state index is 0.823. The zero-order valence-electron chi connectivity index (χ0n) is 9.05. The number of rotatable bonds is 3. The zero-order chi connectivity index (χ0) is 9.26. The third-order valence-corrected chi connectivity index (χ3v) is 4.07. The molecule has 0 aromatic rings. The van der Waals surface area contributed by atoms with Crippen molar-refractivity contribution in [1.29, 1.82) is 0 Å². The molecule has 0 aromatic heterocycles. The van der Waals surface area contributed by atoms with Gasteiger partial charge in [-0.2, -0.15) is 0 Å². The first kappa shape index (κ1) is 9.51. The van der Waals surface area contributed by atoms with Crippen LogP contribution in [0.2, 0.25) is 0 Å². The maximum atomic E-state index is 3.76. The van der Waals surface area contributed by atoms with Gasteiger partial charge >= 0.3 is 0 Å². The first-order chi connectivity index (χ1) is 6.27. The molecule has 0 radical (unpaired) electrons. The van der Waals surface area contributed by atoms with Gasteiger partial charge in [0.2, 0.25) is 0 Å². The molecule has 76 valence electrons. The summed E-state index contributed by atoms with van der Waals surface area (Å²) in [5, 5.41) is 3.76. The minimum absolute atomic E-state index is 0.823. The zero-order valence-corrected chi connectivity index (χ0v) is 9.05. The molecule has 0 saturated heterocycles.